The zero-order valence-electron chi connectivity index (χ0n) is 8.78. The van der Waals surface area contributed by atoms with Crippen molar-refractivity contribution in [2.45, 2.75) is 19.9 Å². The lowest BCUT2D eigenvalue weighted by molar-refractivity contribution is -0.170. The van der Waals surface area contributed by atoms with Crippen LogP contribution in [-0.4, -0.2) is 18.9 Å². The SMILES string of the molecule is CCOC(=O)C(F)OCc1cccc(Br)c1. The van der Waals surface area contributed by atoms with Crippen LogP contribution in [0.3, 0.4) is 0 Å². The standard InChI is InChI=1S/C11H12BrFO3/c1-2-15-11(14)10(13)16-7-8-4-3-5-9(12)6-8/h3-6,10H,2,7H2,1H3. The molecule has 88 valence electrons. The van der Waals surface area contributed by atoms with Gasteiger partial charge in [-0.1, -0.05) is 28.1 Å². The second-order valence-electron chi connectivity index (χ2n) is 3.01. The Hall–Kier alpha value is -0.940. The van der Waals surface area contributed by atoms with E-state index >= 15 is 0 Å². The van der Waals surface area contributed by atoms with E-state index in [0.29, 0.717) is 0 Å². The van der Waals surface area contributed by atoms with Crippen LogP contribution in [0, 0.1) is 0 Å². The van der Waals surface area contributed by atoms with E-state index in [-0.39, 0.29) is 13.2 Å². The molecule has 0 fully saturated rings. The summed E-state index contributed by atoms with van der Waals surface area (Å²) >= 11 is 3.28. The number of carbonyl (C=O) groups excluding carboxylic acids is 1. The van der Waals surface area contributed by atoms with Crippen LogP contribution in [0.25, 0.3) is 0 Å². The molecule has 0 saturated carbocycles. The van der Waals surface area contributed by atoms with Gasteiger partial charge in [-0.2, -0.15) is 0 Å². The highest BCUT2D eigenvalue weighted by Crippen LogP contribution is 2.13. The highest BCUT2D eigenvalue weighted by Gasteiger charge is 2.18. The maximum absolute atomic E-state index is 13.1. The van der Waals surface area contributed by atoms with E-state index in [9.17, 15) is 9.18 Å². The summed E-state index contributed by atoms with van der Waals surface area (Å²) < 4.78 is 23.1. The molecule has 0 heterocycles. The number of halogens is 2. The molecular weight excluding hydrogens is 279 g/mol. The normalized spacial score (nSPS) is 12.2. The number of hydrogen-bond acceptors (Lipinski definition) is 3. The number of carbonyl (C=O) groups is 1. The molecule has 0 radical (unpaired) electrons. The van der Waals surface area contributed by atoms with Gasteiger partial charge < -0.3 is 9.47 Å². The Labute approximate surface area is 102 Å². The monoisotopic (exact) mass is 290 g/mol. The summed E-state index contributed by atoms with van der Waals surface area (Å²) in [4.78, 5) is 10.9. The first-order chi connectivity index (χ1) is 7.63. The molecular formula is C11H12BrFO3. The number of ether oxygens (including phenoxy) is 2. The van der Waals surface area contributed by atoms with E-state index < -0.39 is 12.3 Å². The van der Waals surface area contributed by atoms with Gasteiger partial charge in [-0.25, -0.2) is 9.18 Å². The van der Waals surface area contributed by atoms with Crippen molar-refractivity contribution < 1.29 is 18.7 Å². The summed E-state index contributed by atoms with van der Waals surface area (Å²) in [6.07, 6.45) is -2.03. The quantitative estimate of drug-likeness (QED) is 0.783. The van der Waals surface area contributed by atoms with Gasteiger partial charge in [0.2, 0.25) is 0 Å². The molecule has 1 unspecified atom stereocenters. The maximum Gasteiger partial charge on any atom is 0.368 e. The molecule has 5 heteroatoms. The van der Waals surface area contributed by atoms with Gasteiger partial charge in [0.1, 0.15) is 0 Å². The van der Waals surface area contributed by atoms with Gasteiger partial charge >= 0.3 is 5.97 Å². The average Bonchev–Trinajstić information content (AvgIpc) is 2.26. The Morgan fingerprint density at radius 2 is 2.31 bits per heavy atom. The smallest absolute Gasteiger partial charge is 0.368 e. The summed E-state index contributed by atoms with van der Waals surface area (Å²) in [7, 11) is 0. The van der Waals surface area contributed by atoms with Crippen LogP contribution in [0.2, 0.25) is 0 Å². The molecule has 0 N–H and O–H groups in total. The first-order valence-corrected chi connectivity index (χ1v) is 5.59. The molecule has 1 atom stereocenters. The number of benzene rings is 1. The Bertz CT molecular complexity index is 357. The first kappa shape index (κ1) is 13.1. The van der Waals surface area contributed by atoms with Crippen LogP contribution in [0.15, 0.2) is 28.7 Å². The van der Waals surface area contributed by atoms with E-state index in [1.807, 2.05) is 6.07 Å². The molecule has 1 aromatic carbocycles. The van der Waals surface area contributed by atoms with Gasteiger partial charge in [-0.3, -0.25) is 0 Å². The largest absolute Gasteiger partial charge is 0.462 e. The molecule has 0 amide bonds. The fraction of sp³-hybridized carbons (Fsp3) is 0.364. The second-order valence-corrected chi connectivity index (χ2v) is 3.92. The van der Waals surface area contributed by atoms with Crippen molar-refractivity contribution in [1.82, 2.24) is 0 Å². The van der Waals surface area contributed by atoms with Gasteiger partial charge in [0.05, 0.1) is 13.2 Å². The average molecular weight is 291 g/mol. The molecule has 0 aliphatic rings. The van der Waals surface area contributed by atoms with Gasteiger partial charge in [0, 0.05) is 4.47 Å². The molecule has 0 aliphatic carbocycles. The fourth-order valence-corrected chi connectivity index (χ4v) is 1.52. The minimum atomic E-state index is -2.03. The van der Waals surface area contributed by atoms with Crippen LogP contribution in [-0.2, 0) is 20.9 Å². The summed E-state index contributed by atoms with van der Waals surface area (Å²) in [5.41, 5.74) is 0.779. The summed E-state index contributed by atoms with van der Waals surface area (Å²) in [5.74, 6) is -0.988. The van der Waals surface area contributed by atoms with E-state index in [0.717, 1.165) is 10.0 Å². The number of alkyl halides is 1. The molecule has 0 saturated heterocycles. The van der Waals surface area contributed by atoms with E-state index in [2.05, 4.69) is 20.7 Å². The molecule has 0 aromatic heterocycles. The van der Waals surface area contributed by atoms with Gasteiger partial charge in [-0.05, 0) is 24.6 Å². The highest BCUT2D eigenvalue weighted by molar-refractivity contribution is 9.10. The van der Waals surface area contributed by atoms with Crippen molar-refractivity contribution in [3.05, 3.63) is 34.3 Å². The third-order valence-corrected chi connectivity index (χ3v) is 2.25. The number of rotatable bonds is 5. The Morgan fingerprint density at radius 1 is 1.56 bits per heavy atom. The van der Waals surface area contributed by atoms with Gasteiger partial charge in [-0.15, -0.1) is 0 Å². The third-order valence-electron chi connectivity index (χ3n) is 1.76. The lowest BCUT2D eigenvalue weighted by Crippen LogP contribution is -2.21. The van der Waals surface area contributed by atoms with Crippen LogP contribution in [0.4, 0.5) is 4.39 Å². The maximum atomic E-state index is 13.1. The number of hydrogen-bond donors (Lipinski definition) is 0. The molecule has 0 aliphatic heterocycles. The topological polar surface area (TPSA) is 35.5 Å². The van der Waals surface area contributed by atoms with Crippen LogP contribution in [0.5, 0.6) is 0 Å². The van der Waals surface area contributed by atoms with Crippen molar-refractivity contribution in [1.29, 1.82) is 0 Å². The lowest BCUT2D eigenvalue weighted by Gasteiger charge is -2.08. The summed E-state index contributed by atoms with van der Waals surface area (Å²) in [5, 5.41) is 0. The second kappa shape index (κ2) is 6.60. The van der Waals surface area contributed by atoms with Crippen molar-refractivity contribution in [2.24, 2.45) is 0 Å². The molecule has 16 heavy (non-hydrogen) atoms. The van der Waals surface area contributed by atoms with E-state index in [1.54, 1.807) is 25.1 Å². The zero-order chi connectivity index (χ0) is 12.0. The van der Waals surface area contributed by atoms with Crippen LogP contribution >= 0.6 is 15.9 Å². The minimum absolute atomic E-state index is 0.0272. The molecule has 3 nitrogen and oxygen atoms in total. The summed E-state index contributed by atoms with van der Waals surface area (Å²) in [6, 6.07) is 7.22. The predicted octanol–water partition coefficient (Wildman–Crippen LogP) is 2.82. The zero-order valence-corrected chi connectivity index (χ0v) is 10.4. The predicted molar refractivity (Wildman–Crippen MR) is 60.5 cm³/mol. The molecule has 1 aromatic rings. The third kappa shape index (κ3) is 4.28. The Morgan fingerprint density at radius 3 is 2.94 bits per heavy atom. The van der Waals surface area contributed by atoms with Gasteiger partial charge in [0.25, 0.3) is 6.36 Å². The minimum Gasteiger partial charge on any atom is -0.462 e. The van der Waals surface area contributed by atoms with Crippen molar-refractivity contribution in [3.63, 3.8) is 0 Å². The van der Waals surface area contributed by atoms with E-state index in [1.165, 1.54) is 0 Å². The van der Waals surface area contributed by atoms with Gasteiger partial charge in [0.15, 0.2) is 0 Å². The van der Waals surface area contributed by atoms with E-state index in [4.69, 9.17) is 4.74 Å². The van der Waals surface area contributed by atoms with Crippen LogP contribution < -0.4 is 0 Å². The highest BCUT2D eigenvalue weighted by atomic mass is 79.9. The molecule has 0 bridgehead atoms. The first-order valence-electron chi connectivity index (χ1n) is 4.80. The fourth-order valence-electron chi connectivity index (χ4n) is 1.07. The lowest BCUT2D eigenvalue weighted by atomic mass is 10.2. The van der Waals surface area contributed by atoms with Crippen molar-refractivity contribution >= 4 is 21.9 Å². The molecule has 1 rings (SSSR count). The van der Waals surface area contributed by atoms with Crippen LogP contribution in [0.1, 0.15) is 12.5 Å². The Balaban J connectivity index is 2.42. The van der Waals surface area contributed by atoms with Crippen molar-refractivity contribution in [3.8, 4) is 0 Å². The molecule has 0 spiro atoms. The Kier molecular flexibility index (Phi) is 5.42. The number of esters is 1. The van der Waals surface area contributed by atoms with Crippen molar-refractivity contribution in [2.75, 3.05) is 6.61 Å². The summed E-state index contributed by atoms with van der Waals surface area (Å²) in [6.45, 7) is 1.78.